The number of hydrogen-bond acceptors (Lipinski definition) is 2. The fraction of sp³-hybridized carbons (Fsp3) is 0.357. The molecule has 2 aromatic rings. The predicted molar refractivity (Wildman–Crippen MR) is 66.2 cm³/mol. The molecule has 1 aromatic heterocycles. The van der Waals surface area contributed by atoms with Gasteiger partial charge in [0.05, 0.1) is 17.5 Å². The Morgan fingerprint density at radius 2 is 2.12 bits per heavy atom. The first-order chi connectivity index (χ1) is 8.16. The highest BCUT2D eigenvalue weighted by Crippen LogP contribution is 2.39. The van der Waals surface area contributed by atoms with Crippen LogP contribution < -0.4 is 0 Å². The van der Waals surface area contributed by atoms with Crippen LogP contribution in [0.2, 0.25) is 0 Å². The van der Waals surface area contributed by atoms with Crippen molar-refractivity contribution in [1.29, 1.82) is 0 Å². The van der Waals surface area contributed by atoms with Crippen LogP contribution in [0, 0.1) is 6.92 Å². The maximum atomic E-state index is 10.0. The molecule has 0 atom stereocenters. The molecule has 3 heteroatoms. The Bertz CT molecular complexity index is 541. The zero-order valence-corrected chi connectivity index (χ0v) is 9.93. The molecular weight excluding hydrogens is 212 g/mol. The lowest BCUT2D eigenvalue weighted by molar-refractivity contribution is 0.151. The van der Waals surface area contributed by atoms with Crippen molar-refractivity contribution < 1.29 is 5.11 Å². The molecule has 0 radical (unpaired) electrons. The fourth-order valence-electron chi connectivity index (χ4n) is 2.10. The summed E-state index contributed by atoms with van der Waals surface area (Å²) < 4.78 is 1.89. The first kappa shape index (κ1) is 10.5. The van der Waals surface area contributed by atoms with Gasteiger partial charge < -0.3 is 5.11 Å². The number of nitrogens with zero attached hydrogens (tertiary/aromatic N) is 2. The van der Waals surface area contributed by atoms with Crippen molar-refractivity contribution in [3.8, 4) is 5.69 Å². The van der Waals surface area contributed by atoms with Gasteiger partial charge in [-0.2, -0.15) is 5.10 Å². The number of benzene rings is 1. The van der Waals surface area contributed by atoms with Crippen molar-refractivity contribution in [2.45, 2.75) is 31.8 Å². The van der Waals surface area contributed by atoms with E-state index in [0.717, 1.165) is 36.1 Å². The van der Waals surface area contributed by atoms with Crippen LogP contribution in [0.1, 0.15) is 24.0 Å². The van der Waals surface area contributed by atoms with E-state index in [0.29, 0.717) is 0 Å². The van der Waals surface area contributed by atoms with E-state index in [1.165, 1.54) is 0 Å². The van der Waals surface area contributed by atoms with Crippen molar-refractivity contribution in [3.63, 3.8) is 0 Å². The van der Waals surface area contributed by atoms with Gasteiger partial charge in [0.25, 0.3) is 0 Å². The summed E-state index contributed by atoms with van der Waals surface area (Å²) >= 11 is 0. The minimum Gasteiger partial charge on any atom is -0.390 e. The van der Waals surface area contributed by atoms with Crippen LogP contribution in [0.15, 0.2) is 36.7 Å². The van der Waals surface area contributed by atoms with Crippen LogP contribution in [0.3, 0.4) is 0 Å². The standard InChI is InChI=1S/C14H16N2O/c1-11-9-15-16(10-11)13-5-3-2-4-12(13)8-14(17)6-7-14/h2-5,9-10,17H,6-8H2,1H3. The maximum Gasteiger partial charge on any atom is 0.0690 e. The SMILES string of the molecule is Cc1cnn(-c2ccccc2CC2(O)CC2)c1. The maximum absolute atomic E-state index is 10.0. The Morgan fingerprint density at radius 1 is 1.35 bits per heavy atom. The average Bonchev–Trinajstić information content (AvgIpc) is 2.87. The third-order valence-corrected chi connectivity index (χ3v) is 3.30. The molecule has 3 nitrogen and oxygen atoms in total. The predicted octanol–water partition coefficient (Wildman–Crippen LogP) is 2.25. The molecule has 0 amide bonds. The molecule has 0 bridgehead atoms. The molecule has 0 saturated heterocycles. The summed E-state index contributed by atoms with van der Waals surface area (Å²) in [7, 11) is 0. The summed E-state index contributed by atoms with van der Waals surface area (Å²) in [5, 5.41) is 14.4. The highest BCUT2D eigenvalue weighted by atomic mass is 16.3. The molecule has 0 unspecified atom stereocenters. The monoisotopic (exact) mass is 228 g/mol. The highest BCUT2D eigenvalue weighted by Gasteiger charge is 2.40. The molecule has 1 fully saturated rings. The van der Waals surface area contributed by atoms with Crippen molar-refractivity contribution in [2.75, 3.05) is 0 Å². The number of aromatic nitrogens is 2. The third-order valence-electron chi connectivity index (χ3n) is 3.30. The zero-order valence-electron chi connectivity index (χ0n) is 9.93. The molecule has 1 aromatic carbocycles. The van der Waals surface area contributed by atoms with Gasteiger partial charge in [0.15, 0.2) is 0 Å². The summed E-state index contributed by atoms with van der Waals surface area (Å²) in [5.41, 5.74) is 2.92. The lowest BCUT2D eigenvalue weighted by atomic mass is 10.0. The molecule has 88 valence electrons. The molecule has 0 spiro atoms. The molecule has 3 rings (SSSR count). The van der Waals surface area contributed by atoms with Crippen LogP contribution in [-0.2, 0) is 6.42 Å². The van der Waals surface area contributed by atoms with Crippen molar-refractivity contribution in [2.24, 2.45) is 0 Å². The lowest BCUT2D eigenvalue weighted by Gasteiger charge is -2.12. The number of hydrogen-bond donors (Lipinski definition) is 1. The smallest absolute Gasteiger partial charge is 0.0690 e. The molecule has 17 heavy (non-hydrogen) atoms. The second-order valence-electron chi connectivity index (χ2n) is 4.99. The molecule has 1 saturated carbocycles. The van der Waals surface area contributed by atoms with Crippen LogP contribution in [-0.4, -0.2) is 20.5 Å². The number of para-hydroxylation sites is 1. The Labute approximate surface area is 101 Å². The van der Waals surface area contributed by atoms with Gasteiger partial charge in [0.1, 0.15) is 0 Å². The Morgan fingerprint density at radius 3 is 2.76 bits per heavy atom. The van der Waals surface area contributed by atoms with Gasteiger partial charge in [0.2, 0.25) is 0 Å². The largest absolute Gasteiger partial charge is 0.390 e. The minimum absolute atomic E-state index is 0.460. The van der Waals surface area contributed by atoms with Crippen molar-refractivity contribution >= 4 is 0 Å². The Balaban J connectivity index is 1.98. The van der Waals surface area contributed by atoms with Crippen LogP contribution >= 0.6 is 0 Å². The number of aryl methyl sites for hydroxylation is 1. The van der Waals surface area contributed by atoms with Crippen LogP contribution in [0.25, 0.3) is 5.69 Å². The highest BCUT2D eigenvalue weighted by molar-refractivity contribution is 5.42. The fourth-order valence-corrected chi connectivity index (χ4v) is 2.10. The number of aliphatic hydroxyl groups is 1. The van der Waals surface area contributed by atoms with E-state index in [2.05, 4.69) is 11.2 Å². The quantitative estimate of drug-likeness (QED) is 0.875. The van der Waals surface area contributed by atoms with Crippen molar-refractivity contribution in [1.82, 2.24) is 9.78 Å². The van der Waals surface area contributed by atoms with Gasteiger partial charge in [0, 0.05) is 12.6 Å². The van der Waals surface area contributed by atoms with E-state index in [9.17, 15) is 5.11 Å². The van der Waals surface area contributed by atoms with E-state index in [1.807, 2.05) is 42.2 Å². The summed E-state index contributed by atoms with van der Waals surface area (Å²) in [4.78, 5) is 0. The second-order valence-corrected chi connectivity index (χ2v) is 4.99. The van der Waals surface area contributed by atoms with Gasteiger partial charge in [-0.1, -0.05) is 18.2 Å². The summed E-state index contributed by atoms with van der Waals surface area (Å²) in [5.74, 6) is 0. The summed E-state index contributed by atoms with van der Waals surface area (Å²) in [6.07, 6.45) is 6.42. The van der Waals surface area contributed by atoms with Gasteiger partial charge in [-0.25, -0.2) is 4.68 Å². The average molecular weight is 228 g/mol. The van der Waals surface area contributed by atoms with Gasteiger partial charge in [-0.05, 0) is 37.0 Å². The van der Waals surface area contributed by atoms with E-state index in [4.69, 9.17) is 0 Å². The first-order valence-corrected chi connectivity index (χ1v) is 5.98. The van der Waals surface area contributed by atoms with E-state index < -0.39 is 5.60 Å². The normalized spacial score (nSPS) is 17.1. The van der Waals surface area contributed by atoms with Gasteiger partial charge >= 0.3 is 0 Å². The van der Waals surface area contributed by atoms with Crippen LogP contribution in [0.5, 0.6) is 0 Å². The second kappa shape index (κ2) is 3.70. The van der Waals surface area contributed by atoms with Crippen LogP contribution in [0.4, 0.5) is 0 Å². The van der Waals surface area contributed by atoms with E-state index in [1.54, 1.807) is 0 Å². The molecule has 1 heterocycles. The Hall–Kier alpha value is -1.61. The molecule has 1 N–H and O–H groups in total. The molecular formula is C14H16N2O. The lowest BCUT2D eigenvalue weighted by Crippen LogP contribution is -2.13. The zero-order chi connectivity index (χ0) is 11.9. The molecule has 0 aliphatic heterocycles. The third kappa shape index (κ3) is 2.11. The van der Waals surface area contributed by atoms with E-state index in [-0.39, 0.29) is 0 Å². The Kier molecular flexibility index (Phi) is 2.30. The topological polar surface area (TPSA) is 38.0 Å². The van der Waals surface area contributed by atoms with E-state index >= 15 is 0 Å². The van der Waals surface area contributed by atoms with Gasteiger partial charge in [-0.3, -0.25) is 0 Å². The van der Waals surface area contributed by atoms with Gasteiger partial charge in [-0.15, -0.1) is 0 Å². The molecule has 1 aliphatic rings. The summed E-state index contributed by atoms with van der Waals surface area (Å²) in [6.45, 7) is 2.03. The molecule has 1 aliphatic carbocycles. The minimum atomic E-state index is -0.460. The first-order valence-electron chi connectivity index (χ1n) is 5.98. The number of rotatable bonds is 3. The van der Waals surface area contributed by atoms with Crippen molar-refractivity contribution in [3.05, 3.63) is 47.8 Å². The summed E-state index contributed by atoms with van der Waals surface area (Å²) in [6, 6.07) is 8.14.